The van der Waals surface area contributed by atoms with E-state index in [-0.39, 0.29) is 0 Å². The third-order valence-corrected chi connectivity index (χ3v) is 5.62. The Kier molecular flexibility index (Phi) is 4.72. The van der Waals surface area contributed by atoms with E-state index < -0.39 is 0 Å². The normalized spacial score (nSPS) is 16.1. The predicted octanol–water partition coefficient (Wildman–Crippen LogP) is 5.76. The molecule has 0 fully saturated rings. The molecule has 0 saturated carbocycles. The lowest BCUT2D eigenvalue weighted by molar-refractivity contribution is 0.411. The van der Waals surface area contributed by atoms with E-state index in [1.54, 1.807) is 19.2 Å². The first-order valence-electron chi connectivity index (χ1n) is 9.36. The van der Waals surface area contributed by atoms with Crippen molar-refractivity contribution >= 4 is 5.57 Å². The lowest BCUT2D eigenvalue weighted by Gasteiger charge is -2.30. The summed E-state index contributed by atoms with van der Waals surface area (Å²) in [5.41, 5.74) is 7.94. The molecule has 3 aromatic rings. The Morgan fingerprint density at radius 3 is 2.41 bits per heavy atom. The van der Waals surface area contributed by atoms with Gasteiger partial charge in [-0.15, -0.1) is 0 Å². The van der Waals surface area contributed by atoms with Gasteiger partial charge in [0.1, 0.15) is 11.5 Å². The molecular weight excluding hydrogens is 332 g/mol. The molecule has 0 bridgehead atoms. The molecule has 0 heterocycles. The highest BCUT2D eigenvalue weighted by Crippen LogP contribution is 2.42. The molecular formula is C25H24O2. The Morgan fingerprint density at radius 1 is 0.926 bits per heavy atom. The van der Waals surface area contributed by atoms with Crippen LogP contribution in [0.4, 0.5) is 0 Å². The molecule has 4 rings (SSSR count). The minimum absolute atomic E-state index is 0.311. The maximum atomic E-state index is 9.66. The molecule has 27 heavy (non-hydrogen) atoms. The lowest BCUT2D eigenvalue weighted by Crippen LogP contribution is -2.15. The zero-order valence-electron chi connectivity index (χ0n) is 15.8. The van der Waals surface area contributed by atoms with Crippen molar-refractivity contribution in [3.05, 3.63) is 101 Å². The van der Waals surface area contributed by atoms with Crippen LogP contribution in [-0.4, -0.2) is 12.2 Å². The fraction of sp³-hybridized carbons (Fsp3) is 0.200. The Balaban J connectivity index is 1.81. The highest BCUT2D eigenvalue weighted by atomic mass is 16.5. The van der Waals surface area contributed by atoms with Gasteiger partial charge in [-0.2, -0.15) is 0 Å². The lowest BCUT2D eigenvalue weighted by atomic mass is 9.74. The number of phenols is 1. The van der Waals surface area contributed by atoms with Gasteiger partial charge in [0, 0.05) is 12.3 Å². The third-order valence-electron chi connectivity index (χ3n) is 5.62. The van der Waals surface area contributed by atoms with Crippen LogP contribution in [0, 0.1) is 0 Å². The molecule has 0 aromatic heterocycles. The topological polar surface area (TPSA) is 29.5 Å². The van der Waals surface area contributed by atoms with Crippen LogP contribution in [0.2, 0.25) is 0 Å². The van der Waals surface area contributed by atoms with Gasteiger partial charge in [-0.3, -0.25) is 0 Å². The number of methoxy groups -OCH3 is 1. The molecule has 1 unspecified atom stereocenters. The van der Waals surface area contributed by atoms with E-state index in [0.717, 1.165) is 18.6 Å². The van der Waals surface area contributed by atoms with Gasteiger partial charge in [-0.1, -0.05) is 60.2 Å². The van der Waals surface area contributed by atoms with Crippen LogP contribution < -0.4 is 4.74 Å². The average molecular weight is 356 g/mol. The molecule has 1 aliphatic rings. The largest absolute Gasteiger partial charge is 0.508 e. The summed E-state index contributed by atoms with van der Waals surface area (Å²) >= 11 is 0. The maximum Gasteiger partial charge on any atom is 0.122 e. The number of phenolic OH excluding ortho intramolecular Hbond substituents is 1. The summed E-state index contributed by atoms with van der Waals surface area (Å²) in [7, 11) is 1.73. The smallest absolute Gasteiger partial charge is 0.122 e. The molecule has 0 spiro atoms. The van der Waals surface area contributed by atoms with Crippen LogP contribution >= 0.6 is 0 Å². The maximum absolute atomic E-state index is 9.66. The van der Waals surface area contributed by atoms with Gasteiger partial charge in [0.05, 0.1) is 7.11 Å². The molecule has 2 heteroatoms. The Hall–Kier alpha value is -3.00. The molecule has 0 radical (unpaired) electrons. The number of fused-ring (bicyclic) bond motifs is 1. The second kappa shape index (κ2) is 7.32. The fourth-order valence-corrected chi connectivity index (χ4v) is 4.14. The SMILES string of the molecule is COc1ccccc1CC1=C(C)C(c2ccc(O)cc2)Cc2ccccc21. The minimum atomic E-state index is 0.311. The van der Waals surface area contributed by atoms with E-state index in [9.17, 15) is 5.11 Å². The van der Waals surface area contributed by atoms with Crippen molar-refractivity contribution in [3.8, 4) is 11.5 Å². The number of hydrogen-bond donors (Lipinski definition) is 1. The molecule has 1 aliphatic carbocycles. The summed E-state index contributed by atoms with van der Waals surface area (Å²) in [6, 6.07) is 24.6. The Morgan fingerprint density at radius 2 is 1.63 bits per heavy atom. The second-order valence-corrected chi connectivity index (χ2v) is 7.16. The molecule has 0 saturated heterocycles. The second-order valence-electron chi connectivity index (χ2n) is 7.16. The molecule has 2 nitrogen and oxygen atoms in total. The van der Waals surface area contributed by atoms with Crippen molar-refractivity contribution in [2.24, 2.45) is 0 Å². The summed E-state index contributed by atoms with van der Waals surface area (Å²) in [6.45, 7) is 2.25. The third kappa shape index (κ3) is 3.35. The van der Waals surface area contributed by atoms with E-state index in [1.165, 1.54) is 33.4 Å². The standard InChI is InChI=1S/C25H24O2/c1-17-23(18-11-13-21(26)14-12-18)15-19-7-3-5-9-22(19)24(17)16-20-8-4-6-10-25(20)27-2/h3-14,23,26H,15-16H2,1-2H3. The van der Waals surface area contributed by atoms with Crippen LogP contribution in [0.15, 0.2) is 78.4 Å². The van der Waals surface area contributed by atoms with Crippen molar-refractivity contribution in [1.29, 1.82) is 0 Å². The van der Waals surface area contributed by atoms with Crippen LogP contribution in [0.3, 0.4) is 0 Å². The van der Waals surface area contributed by atoms with E-state index in [4.69, 9.17) is 4.74 Å². The van der Waals surface area contributed by atoms with Crippen molar-refractivity contribution in [2.45, 2.75) is 25.7 Å². The van der Waals surface area contributed by atoms with Gasteiger partial charge >= 0.3 is 0 Å². The van der Waals surface area contributed by atoms with Gasteiger partial charge in [0.2, 0.25) is 0 Å². The zero-order chi connectivity index (χ0) is 18.8. The highest BCUT2D eigenvalue weighted by Gasteiger charge is 2.26. The molecule has 3 aromatic carbocycles. The van der Waals surface area contributed by atoms with Gasteiger partial charge in [0.25, 0.3) is 0 Å². The first-order valence-corrected chi connectivity index (χ1v) is 9.36. The van der Waals surface area contributed by atoms with Crippen molar-refractivity contribution in [1.82, 2.24) is 0 Å². The number of rotatable bonds is 4. The van der Waals surface area contributed by atoms with Gasteiger partial charge in [0.15, 0.2) is 0 Å². The number of ether oxygens (including phenoxy) is 1. The predicted molar refractivity (Wildman–Crippen MR) is 110 cm³/mol. The summed E-state index contributed by atoms with van der Waals surface area (Å²) < 4.78 is 5.58. The quantitative estimate of drug-likeness (QED) is 0.644. The van der Waals surface area contributed by atoms with Crippen LogP contribution in [0.1, 0.15) is 35.1 Å². The van der Waals surface area contributed by atoms with Crippen LogP contribution in [0.25, 0.3) is 5.57 Å². The van der Waals surface area contributed by atoms with Crippen LogP contribution in [0.5, 0.6) is 11.5 Å². The molecule has 136 valence electrons. The number of allylic oxidation sites excluding steroid dienone is 2. The molecule has 0 amide bonds. The Labute approximate surface area is 160 Å². The first kappa shape index (κ1) is 17.4. The molecule has 1 atom stereocenters. The van der Waals surface area contributed by atoms with E-state index in [2.05, 4.69) is 43.3 Å². The van der Waals surface area contributed by atoms with Gasteiger partial charge in [-0.05, 0) is 59.4 Å². The average Bonchev–Trinajstić information content (AvgIpc) is 2.71. The number of para-hydroxylation sites is 1. The van der Waals surface area contributed by atoms with Crippen molar-refractivity contribution < 1.29 is 9.84 Å². The summed E-state index contributed by atoms with van der Waals surface area (Å²) in [6.07, 6.45) is 1.84. The Bertz CT molecular complexity index is 983. The first-order chi connectivity index (χ1) is 13.2. The number of aromatic hydroxyl groups is 1. The monoisotopic (exact) mass is 356 g/mol. The zero-order valence-corrected chi connectivity index (χ0v) is 15.8. The summed E-state index contributed by atoms with van der Waals surface area (Å²) in [5, 5.41) is 9.66. The van der Waals surface area contributed by atoms with E-state index in [0.29, 0.717) is 11.7 Å². The highest BCUT2D eigenvalue weighted by molar-refractivity contribution is 5.76. The molecule has 1 N–H and O–H groups in total. The summed E-state index contributed by atoms with van der Waals surface area (Å²) in [4.78, 5) is 0. The van der Waals surface area contributed by atoms with E-state index in [1.807, 2.05) is 24.3 Å². The minimum Gasteiger partial charge on any atom is -0.508 e. The number of benzene rings is 3. The number of hydrogen-bond acceptors (Lipinski definition) is 2. The van der Waals surface area contributed by atoms with E-state index >= 15 is 0 Å². The molecule has 0 aliphatic heterocycles. The fourth-order valence-electron chi connectivity index (χ4n) is 4.14. The summed E-state index contributed by atoms with van der Waals surface area (Å²) in [5.74, 6) is 1.57. The van der Waals surface area contributed by atoms with Crippen molar-refractivity contribution in [2.75, 3.05) is 7.11 Å². The van der Waals surface area contributed by atoms with Gasteiger partial charge in [-0.25, -0.2) is 0 Å². The van der Waals surface area contributed by atoms with Crippen LogP contribution in [-0.2, 0) is 12.8 Å². The van der Waals surface area contributed by atoms with Gasteiger partial charge < -0.3 is 9.84 Å². The van der Waals surface area contributed by atoms with Crippen molar-refractivity contribution in [3.63, 3.8) is 0 Å².